The highest BCUT2D eigenvalue weighted by molar-refractivity contribution is 7.47. The Bertz CT molecular complexity index is 1800. The van der Waals surface area contributed by atoms with Gasteiger partial charge in [0, 0.05) is 25.7 Å². The molecule has 0 radical (unpaired) electrons. The lowest BCUT2D eigenvalue weighted by Gasteiger charge is -2.21. The van der Waals surface area contributed by atoms with E-state index in [9.17, 15) is 43.2 Å². The summed E-state index contributed by atoms with van der Waals surface area (Å²) in [4.78, 5) is 72.7. The molecule has 552 valence electrons. The van der Waals surface area contributed by atoms with Gasteiger partial charge in [-0.1, -0.05) is 330 Å². The molecule has 0 heterocycles. The molecule has 93 heavy (non-hydrogen) atoms. The molecule has 0 spiro atoms. The highest BCUT2D eigenvalue weighted by atomic mass is 31.2. The number of ether oxygens (including phenoxy) is 4. The Kier molecular flexibility index (Phi) is 64.6. The number of esters is 4. The van der Waals surface area contributed by atoms with Crippen molar-refractivity contribution in [3.05, 3.63) is 0 Å². The van der Waals surface area contributed by atoms with E-state index in [1.54, 1.807) is 0 Å². The summed E-state index contributed by atoms with van der Waals surface area (Å²) in [5.41, 5.74) is 0. The van der Waals surface area contributed by atoms with Crippen LogP contribution in [-0.4, -0.2) is 96.7 Å². The van der Waals surface area contributed by atoms with Gasteiger partial charge in [-0.05, 0) is 37.5 Å². The summed E-state index contributed by atoms with van der Waals surface area (Å²) in [5, 5.41) is 10.6. The Hall–Kier alpha value is -1.94. The average molecular weight is 1370 g/mol. The van der Waals surface area contributed by atoms with Crippen molar-refractivity contribution < 1.29 is 80.2 Å². The van der Waals surface area contributed by atoms with Crippen LogP contribution in [0, 0.1) is 11.8 Å². The Balaban J connectivity index is 5.24. The minimum absolute atomic E-state index is 0.107. The van der Waals surface area contributed by atoms with E-state index < -0.39 is 97.5 Å². The highest BCUT2D eigenvalue weighted by Crippen LogP contribution is 2.45. The Morgan fingerprint density at radius 1 is 0.290 bits per heavy atom. The van der Waals surface area contributed by atoms with Gasteiger partial charge in [0.25, 0.3) is 0 Å². The number of rotatable bonds is 73. The largest absolute Gasteiger partial charge is 0.472 e. The lowest BCUT2D eigenvalue weighted by atomic mass is 10.0. The van der Waals surface area contributed by atoms with Crippen LogP contribution in [0.4, 0.5) is 0 Å². The van der Waals surface area contributed by atoms with Crippen molar-refractivity contribution in [2.45, 2.75) is 400 Å². The van der Waals surface area contributed by atoms with Crippen molar-refractivity contribution in [2.24, 2.45) is 11.8 Å². The third-order valence-corrected chi connectivity index (χ3v) is 19.1. The lowest BCUT2D eigenvalue weighted by Crippen LogP contribution is -2.30. The number of hydrogen-bond donors (Lipinski definition) is 3. The minimum Gasteiger partial charge on any atom is -0.462 e. The van der Waals surface area contributed by atoms with Crippen LogP contribution in [0.3, 0.4) is 0 Å². The molecule has 0 amide bonds. The van der Waals surface area contributed by atoms with Crippen molar-refractivity contribution in [3.63, 3.8) is 0 Å². The summed E-state index contributed by atoms with van der Waals surface area (Å²) < 4.78 is 68.4. The van der Waals surface area contributed by atoms with E-state index in [-0.39, 0.29) is 25.7 Å². The van der Waals surface area contributed by atoms with Crippen LogP contribution in [0.15, 0.2) is 0 Å². The average Bonchev–Trinajstić information content (AvgIpc) is 2.57. The second-order valence-electron chi connectivity index (χ2n) is 27.6. The molecule has 3 N–H and O–H groups in total. The number of aliphatic hydroxyl groups is 1. The zero-order valence-electron chi connectivity index (χ0n) is 60.6. The second kappa shape index (κ2) is 66.0. The molecule has 0 aromatic carbocycles. The second-order valence-corrected chi connectivity index (χ2v) is 30.5. The van der Waals surface area contributed by atoms with Crippen LogP contribution >= 0.6 is 15.6 Å². The summed E-state index contributed by atoms with van der Waals surface area (Å²) in [6.07, 6.45) is 52.5. The first-order valence-electron chi connectivity index (χ1n) is 38.5. The molecule has 5 atom stereocenters. The van der Waals surface area contributed by atoms with Gasteiger partial charge in [-0.2, -0.15) is 0 Å². The fourth-order valence-corrected chi connectivity index (χ4v) is 12.9. The monoisotopic (exact) mass is 1370 g/mol. The zero-order chi connectivity index (χ0) is 68.6. The topological polar surface area (TPSA) is 237 Å². The van der Waals surface area contributed by atoms with Gasteiger partial charge in [0.2, 0.25) is 0 Å². The summed E-state index contributed by atoms with van der Waals surface area (Å²) in [6.45, 7) is 9.60. The third kappa shape index (κ3) is 68.4. The quantitative estimate of drug-likeness (QED) is 0.0222. The molecule has 0 saturated heterocycles. The third-order valence-electron chi connectivity index (χ3n) is 17.2. The normalized spacial score (nSPS) is 14.1. The molecule has 0 bridgehead atoms. The van der Waals surface area contributed by atoms with Crippen molar-refractivity contribution >= 4 is 39.5 Å². The van der Waals surface area contributed by atoms with Crippen LogP contribution in [-0.2, 0) is 65.4 Å². The molecule has 2 unspecified atom stereocenters. The van der Waals surface area contributed by atoms with E-state index in [0.29, 0.717) is 25.7 Å². The molecule has 0 aliphatic carbocycles. The Morgan fingerprint density at radius 2 is 0.495 bits per heavy atom. The molecule has 0 aromatic heterocycles. The van der Waals surface area contributed by atoms with Gasteiger partial charge >= 0.3 is 39.5 Å². The van der Waals surface area contributed by atoms with Gasteiger partial charge in [0.05, 0.1) is 26.4 Å². The molecule has 0 aliphatic rings. The van der Waals surface area contributed by atoms with Crippen LogP contribution < -0.4 is 0 Å². The van der Waals surface area contributed by atoms with Gasteiger partial charge in [-0.25, -0.2) is 9.13 Å². The Labute approximate surface area is 568 Å². The predicted octanol–water partition coefficient (Wildman–Crippen LogP) is 21.6. The van der Waals surface area contributed by atoms with Crippen LogP contribution in [0.2, 0.25) is 0 Å². The molecule has 0 aliphatic heterocycles. The van der Waals surface area contributed by atoms with Gasteiger partial charge in [0.1, 0.15) is 19.3 Å². The number of phosphoric acid groups is 2. The maximum atomic E-state index is 13.1. The van der Waals surface area contributed by atoms with E-state index in [1.165, 1.54) is 199 Å². The predicted molar refractivity (Wildman–Crippen MR) is 377 cm³/mol. The number of aliphatic hydroxyl groups excluding tert-OH is 1. The molecule has 19 heteroatoms. The lowest BCUT2D eigenvalue weighted by molar-refractivity contribution is -0.161. The number of hydrogen-bond acceptors (Lipinski definition) is 15. The number of carbonyl (C=O) groups excluding carboxylic acids is 4. The van der Waals surface area contributed by atoms with Crippen LogP contribution in [0.1, 0.15) is 382 Å². The Morgan fingerprint density at radius 3 is 0.731 bits per heavy atom. The van der Waals surface area contributed by atoms with Crippen LogP contribution in [0.5, 0.6) is 0 Å². The molecular formula is C74H144O17P2. The fraction of sp³-hybridized carbons (Fsp3) is 0.946. The number of phosphoric ester groups is 2. The van der Waals surface area contributed by atoms with Gasteiger partial charge in [0.15, 0.2) is 12.2 Å². The fourth-order valence-electron chi connectivity index (χ4n) is 11.3. The van der Waals surface area contributed by atoms with Crippen molar-refractivity contribution in [2.75, 3.05) is 39.6 Å². The van der Waals surface area contributed by atoms with E-state index in [2.05, 4.69) is 41.5 Å². The zero-order valence-corrected chi connectivity index (χ0v) is 62.3. The maximum absolute atomic E-state index is 13.1. The molecule has 0 fully saturated rings. The van der Waals surface area contributed by atoms with Crippen molar-refractivity contribution in [1.82, 2.24) is 0 Å². The first-order chi connectivity index (χ1) is 44.9. The van der Waals surface area contributed by atoms with E-state index in [1.807, 2.05) is 0 Å². The number of unbranched alkanes of at least 4 members (excludes halogenated alkanes) is 43. The maximum Gasteiger partial charge on any atom is 0.472 e. The van der Waals surface area contributed by atoms with E-state index in [4.69, 9.17) is 37.0 Å². The highest BCUT2D eigenvalue weighted by Gasteiger charge is 2.30. The number of carbonyl (C=O) groups is 4. The molecule has 0 saturated carbocycles. The SMILES string of the molecule is CCCCCCCCCCCCCCC(=O)O[C@H](COC(=O)CCCCCCCCCCCC)COP(=O)(O)OC[C@H](O)COP(=O)(O)OC[C@@H](COC(=O)CCCCCCCCCCCCCC(C)C)OC(=O)CCCCCCCCCCCCCCCCC(C)C. The summed E-state index contributed by atoms with van der Waals surface area (Å²) in [5.74, 6) is -0.550. The molecular weight excluding hydrogens is 1220 g/mol. The first-order valence-corrected chi connectivity index (χ1v) is 41.5. The van der Waals surface area contributed by atoms with Gasteiger partial charge in [-0.3, -0.25) is 37.3 Å². The molecule has 0 rings (SSSR count). The summed E-state index contributed by atoms with van der Waals surface area (Å²) >= 11 is 0. The molecule has 17 nitrogen and oxygen atoms in total. The smallest absolute Gasteiger partial charge is 0.462 e. The van der Waals surface area contributed by atoms with Crippen molar-refractivity contribution in [1.29, 1.82) is 0 Å². The summed E-state index contributed by atoms with van der Waals surface area (Å²) in [7, 11) is -9.91. The van der Waals surface area contributed by atoms with E-state index >= 15 is 0 Å². The summed E-state index contributed by atoms with van der Waals surface area (Å²) in [6, 6.07) is 0. The minimum atomic E-state index is -4.96. The van der Waals surface area contributed by atoms with Crippen LogP contribution in [0.25, 0.3) is 0 Å². The van der Waals surface area contributed by atoms with Gasteiger partial charge < -0.3 is 33.8 Å². The first kappa shape index (κ1) is 91.1. The molecule has 0 aromatic rings. The standard InChI is InChI=1S/C74H144O17P2/c1-7-9-11-13-15-17-19-27-34-40-46-52-58-73(78)90-69(62-84-71(76)56-50-44-38-32-18-16-14-12-10-8-2)64-88-92(80,81)86-60-68(75)61-87-93(82,83)89-65-70(63-85-72(77)57-51-45-39-33-29-24-26-31-37-43-49-55-67(5)6)91-74(79)59-53-47-41-35-28-23-21-20-22-25-30-36-42-48-54-66(3)4/h66-70,75H,7-65H2,1-6H3,(H,80,81)(H,82,83)/t68-,69+,70+/m0/s1. The van der Waals surface area contributed by atoms with Gasteiger partial charge in [-0.15, -0.1) is 0 Å². The van der Waals surface area contributed by atoms with Crippen molar-refractivity contribution in [3.8, 4) is 0 Å². The van der Waals surface area contributed by atoms with E-state index in [0.717, 1.165) is 102 Å².